The van der Waals surface area contributed by atoms with Gasteiger partial charge in [-0.2, -0.15) is 0 Å². The largest absolute Gasteiger partial charge is 0.496 e. The van der Waals surface area contributed by atoms with Crippen molar-refractivity contribution >= 4 is 28.3 Å². The van der Waals surface area contributed by atoms with Crippen LogP contribution in [0.3, 0.4) is 0 Å². The van der Waals surface area contributed by atoms with Gasteiger partial charge in [0, 0.05) is 41.3 Å². The van der Waals surface area contributed by atoms with Gasteiger partial charge in [-0.25, -0.2) is 4.98 Å². The number of rotatable bonds is 4. The Morgan fingerprint density at radius 2 is 2.07 bits per heavy atom. The number of carbonyl (C=O) groups excluding carboxylic acids is 1. The third-order valence-electron chi connectivity index (χ3n) is 5.22. The summed E-state index contributed by atoms with van der Waals surface area (Å²) in [6.45, 7) is 3.88. The first-order chi connectivity index (χ1) is 13.5. The van der Waals surface area contributed by atoms with Crippen molar-refractivity contribution in [3.63, 3.8) is 0 Å². The van der Waals surface area contributed by atoms with Gasteiger partial charge in [0.25, 0.3) is 0 Å². The number of nitrogens with zero attached hydrogens (tertiary/aromatic N) is 1. The Balaban J connectivity index is 1.68. The number of pyridine rings is 1. The molecule has 1 aromatic carbocycles. The number of fused-ring (bicyclic) bond motifs is 3. The lowest BCUT2D eigenvalue weighted by Crippen LogP contribution is -2.10. The number of anilines is 1. The fraction of sp³-hybridized carbons (Fsp3) is 0.304. The lowest BCUT2D eigenvalue weighted by molar-refractivity contribution is -0.111. The molecule has 0 fully saturated rings. The zero-order chi connectivity index (χ0) is 19.7. The van der Waals surface area contributed by atoms with Crippen molar-refractivity contribution in [2.75, 3.05) is 12.4 Å². The van der Waals surface area contributed by atoms with Gasteiger partial charge in [0.2, 0.25) is 5.91 Å². The molecule has 0 saturated heterocycles. The molecular weight excluding hydrogens is 352 g/mol. The van der Waals surface area contributed by atoms with Crippen molar-refractivity contribution < 1.29 is 13.9 Å². The van der Waals surface area contributed by atoms with Gasteiger partial charge in [-0.15, -0.1) is 0 Å². The lowest BCUT2D eigenvalue weighted by Gasteiger charge is -2.11. The van der Waals surface area contributed by atoms with Crippen molar-refractivity contribution in [1.82, 2.24) is 4.98 Å². The summed E-state index contributed by atoms with van der Waals surface area (Å²) in [6.07, 6.45) is 7.64. The standard InChI is InChI=1S/C23H24N2O3/c1-14-8-9-24-22(10-14)25-23(26)11-15(2)17-12-18-16-6-4-5-7-19(16)28-21(18)13-20(17)27-3/h8-13H,4-7H2,1-3H3,(H,24,25,26)/b15-11+. The van der Waals surface area contributed by atoms with Gasteiger partial charge in [-0.05, 0) is 62.4 Å². The topological polar surface area (TPSA) is 64.4 Å². The van der Waals surface area contributed by atoms with E-state index in [1.54, 1.807) is 19.4 Å². The summed E-state index contributed by atoms with van der Waals surface area (Å²) in [5, 5.41) is 3.94. The van der Waals surface area contributed by atoms with Gasteiger partial charge in [0.15, 0.2) is 0 Å². The van der Waals surface area contributed by atoms with Crippen molar-refractivity contribution in [1.29, 1.82) is 0 Å². The highest BCUT2D eigenvalue weighted by molar-refractivity contribution is 6.04. The summed E-state index contributed by atoms with van der Waals surface area (Å²) >= 11 is 0. The van der Waals surface area contributed by atoms with Crippen LogP contribution >= 0.6 is 0 Å². The maximum Gasteiger partial charge on any atom is 0.249 e. The molecule has 0 spiro atoms. The molecule has 1 aliphatic rings. The molecule has 0 aliphatic heterocycles. The van der Waals surface area contributed by atoms with Crippen LogP contribution in [-0.4, -0.2) is 18.0 Å². The van der Waals surface area contributed by atoms with Crippen molar-refractivity contribution in [3.8, 4) is 5.75 Å². The van der Waals surface area contributed by atoms with E-state index >= 15 is 0 Å². The van der Waals surface area contributed by atoms with Crippen LogP contribution in [-0.2, 0) is 17.6 Å². The molecule has 144 valence electrons. The van der Waals surface area contributed by atoms with Crippen LogP contribution in [0.1, 0.15) is 42.2 Å². The molecule has 2 heterocycles. The first-order valence-corrected chi connectivity index (χ1v) is 9.60. The van der Waals surface area contributed by atoms with E-state index in [1.807, 2.05) is 32.0 Å². The molecule has 1 aliphatic carbocycles. The summed E-state index contributed by atoms with van der Waals surface area (Å²) in [4.78, 5) is 16.6. The van der Waals surface area contributed by atoms with Gasteiger partial charge < -0.3 is 14.5 Å². The Hall–Kier alpha value is -3.08. The number of amides is 1. The fourth-order valence-corrected chi connectivity index (χ4v) is 3.81. The third kappa shape index (κ3) is 3.52. The first-order valence-electron chi connectivity index (χ1n) is 9.60. The molecule has 4 rings (SSSR count). The fourth-order valence-electron chi connectivity index (χ4n) is 3.81. The molecule has 0 bridgehead atoms. The molecule has 1 amide bonds. The number of hydrogen-bond acceptors (Lipinski definition) is 4. The van der Waals surface area contributed by atoms with Crippen LogP contribution < -0.4 is 10.1 Å². The molecule has 0 radical (unpaired) electrons. The second kappa shape index (κ2) is 7.50. The number of methoxy groups -OCH3 is 1. The summed E-state index contributed by atoms with van der Waals surface area (Å²) < 4.78 is 11.6. The average molecular weight is 376 g/mol. The van der Waals surface area contributed by atoms with E-state index in [4.69, 9.17) is 9.15 Å². The Morgan fingerprint density at radius 1 is 1.25 bits per heavy atom. The molecule has 1 N–H and O–H groups in total. The minimum atomic E-state index is -0.216. The van der Waals surface area contributed by atoms with Crippen LogP contribution in [0.5, 0.6) is 5.75 Å². The van der Waals surface area contributed by atoms with Gasteiger partial charge in [0.05, 0.1) is 7.11 Å². The number of hydrogen-bond donors (Lipinski definition) is 1. The molecule has 0 unspecified atom stereocenters. The minimum absolute atomic E-state index is 0.216. The predicted molar refractivity (Wildman–Crippen MR) is 111 cm³/mol. The molecule has 28 heavy (non-hydrogen) atoms. The van der Waals surface area contributed by atoms with Crippen LogP contribution in [0.4, 0.5) is 5.82 Å². The highest BCUT2D eigenvalue weighted by Gasteiger charge is 2.20. The Kier molecular flexibility index (Phi) is 4.90. The van der Waals surface area contributed by atoms with Gasteiger partial charge in [-0.3, -0.25) is 4.79 Å². The Bertz CT molecular complexity index is 1080. The number of benzene rings is 1. The monoisotopic (exact) mass is 376 g/mol. The Labute approximate surface area is 164 Å². The first kappa shape index (κ1) is 18.3. The van der Waals surface area contributed by atoms with E-state index in [0.717, 1.165) is 46.3 Å². The lowest BCUT2D eigenvalue weighted by atomic mass is 9.94. The van der Waals surface area contributed by atoms with E-state index in [1.165, 1.54) is 18.4 Å². The van der Waals surface area contributed by atoms with E-state index < -0.39 is 0 Å². The smallest absolute Gasteiger partial charge is 0.249 e. The minimum Gasteiger partial charge on any atom is -0.496 e. The molecule has 0 saturated carbocycles. The summed E-state index contributed by atoms with van der Waals surface area (Å²) in [5.74, 6) is 2.12. The maximum absolute atomic E-state index is 12.5. The third-order valence-corrected chi connectivity index (χ3v) is 5.22. The van der Waals surface area contributed by atoms with Gasteiger partial charge in [-0.1, -0.05) is 0 Å². The van der Waals surface area contributed by atoms with E-state index in [0.29, 0.717) is 11.6 Å². The van der Waals surface area contributed by atoms with Gasteiger partial charge in [0.1, 0.15) is 22.9 Å². The summed E-state index contributed by atoms with van der Waals surface area (Å²) in [5.41, 5.74) is 4.93. The maximum atomic E-state index is 12.5. The molecule has 5 heteroatoms. The van der Waals surface area contributed by atoms with Crippen molar-refractivity contribution in [2.24, 2.45) is 0 Å². The predicted octanol–water partition coefficient (Wildman–Crippen LogP) is 5.07. The van der Waals surface area contributed by atoms with Crippen LogP contribution in [0.2, 0.25) is 0 Å². The molecule has 5 nitrogen and oxygen atoms in total. The van der Waals surface area contributed by atoms with Crippen LogP contribution in [0.15, 0.2) is 41.0 Å². The van der Waals surface area contributed by atoms with E-state index in [-0.39, 0.29) is 5.91 Å². The zero-order valence-electron chi connectivity index (χ0n) is 16.5. The van der Waals surface area contributed by atoms with E-state index in [2.05, 4.69) is 16.4 Å². The van der Waals surface area contributed by atoms with Crippen molar-refractivity contribution in [3.05, 3.63) is 59.0 Å². The van der Waals surface area contributed by atoms with E-state index in [9.17, 15) is 4.79 Å². The second-order valence-corrected chi connectivity index (χ2v) is 7.29. The molecule has 3 aromatic rings. The zero-order valence-corrected chi connectivity index (χ0v) is 16.5. The van der Waals surface area contributed by atoms with Crippen LogP contribution in [0, 0.1) is 6.92 Å². The van der Waals surface area contributed by atoms with Gasteiger partial charge >= 0.3 is 0 Å². The molecule has 0 atom stereocenters. The number of nitrogens with one attached hydrogen (secondary N) is 1. The number of furan rings is 1. The quantitative estimate of drug-likeness (QED) is 0.646. The number of carbonyl (C=O) groups is 1. The van der Waals surface area contributed by atoms with Crippen LogP contribution in [0.25, 0.3) is 16.5 Å². The number of allylic oxidation sites excluding steroid dienone is 1. The second-order valence-electron chi connectivity index (χ2n) is 7.29. The number of aromatic nitrogens is 1. The normalized spacial score (nSPS) is 14.0. The highest BCUT2D eigenvalue weighted by Crippen LogP contribution is 2.37. The number of ether oxygens (including phenoxy) is 1. The SMILES string of the molecule is COc1cc2oc3c(c2cc1/C(C)=C/C(=O)Nc1cc(C)ccn1)CCCC3. The average Bonchev–Trinajstić information content (AvgIpc) is 3.04. The van der Waals surface area contributed by atoms with Crippen molar-refractivity contribution in [2.45, 2.75) is 39.5 Å². The Morgan fingerprint density at radius 3 is 2.86 bits per heavy atom. The highest BCUT2D eigenvalue weighted by atomic mass is 16.5. The summed E-state index contributed by atoms with van der Waals surface area (Å²) in [7, 11) is 1.64. The summed E-state index contributed by atoms with van der Waals surface area (Å²) in [6, 6.07) is 7.75. The molecular formula is C23H24N2O3. The number of aryl methyl sites for hydroxylation is 3. The molecule has 2 aromatic heterocycles.